The molecule has 0 radical (unpaired) electrons. The van der Waals surface area contributed by atoms with Crippen LogP contribution < -0.4 is 4.57 Å². The average molecular weight is 296 g/mol. The number of carbonyl (C=O) groups is 1. The normalized spacial score (nSPS) is 17.7. The molecule has 3 heterocycles. The van der Waals surface area contributed by atoms with Crippen LogP contribution in [0.5, 0.6) is 0 Å². The van der Waals surface area contributed by atoms with Gasteiger partial charge >= 0.3 is 6.17 Å². The van der Waals surface area contributed by atoms with E-state index in [9.17, 15) is 18.8 Å². The van der Waals surface area contributed by atoms with E-state index in [0.29, 0.717) is 15.0 Å². The highest BCUT2D eigenvalue weighted by atomic mass is 19.3. The third-order valence-corrected chi connectivity index (χ3v) is 3.86. The molecule has 0 saturated heterocycles. The standard InChI is InChI=1S/C16H8F2N3O/c17-16(18)20-8-4-3-7-13(20)12(9-19)14-10-5-1-2-6-11(10)15(22)21(14)16/h1-8H/q+1. The number of nitrogens with zero attached hydrogens (tertiary/aromatic N) is 3. The quantitative estimate of drug-likeness (QED) is 0.553. The van der Waals surface area contributed by atoms with Gasteiger partial charge in [-0.1, -0.05) is 18.2 Å². The van der Waals surface area contributed by atoms with E-state index in [1.54, 1.807) is 24.3 Å². The van der Waals surface area contributed by atoms with E-state index in [1.165, 1.54) is 24.4 Å². The van der Waals surface area contributed by atoms with E-state index in [-0.39, 0.29) is 22.5 Å². The molecule has 2 aliphatic heterocycles. The number of pyridine rings is 1. The molecular weight excluding hydrogens is 288 g/mol. The summed E-state index contributed by atoms with van der Waals surface area (Å²) in [5.74, 6) is -0.801. The van der Waals surface area contributed by atoms with Crippen molar-refractivity contribution in [2.24, 2.45) is 0 Å². The molecule has 0 spiro atoms. The lowest BCUT2D eigenvalue weighted by molar-refractivity contribution is -0.845. The molecule has 0 saturated carbocycles. The molecule has 4 nitrogen and oxygen atoms in total. The number of aromatic nitrogens is 1. The van der Waals surface area contributed by atoms with Crippen LogP contribution in [0.1, 0.15) is 21.6 Å². The molecule has 1 aromatic heterocycles. The lowest BCUT2D eigenvalue weighted by atomic mass is 10.0. The number of benzene rings is 1. The molecule has 0 fully saturated rings. The number of amides is 1. The van der Waals surface area contributed by atoms with Gasteiger partial charge in [0.15, 0.2) is 6.20 Å². The number of hydrogen-bond donors (Lipinski definition) is 0. The van der Waals surface area contributed by atoms with Crippen LogP contribution in [-0.4, -0.2) is 10.8 Å². The van der Waals surface area contributed by atoms with E-state index >= 15 is 0 Å². The predicted molar refractivity (Wildman–Crippen MR) is 71.9 cm³/mol. The summed E-state index contributed by atoms with van der Waals surface area (Å²) < 4.78 is 30.3. The highest BCUT2D eigenvalue weighted by molar-refractivity contribution is 6.15. The fourth-order valence-electron chi connectivity index (χ4n) is 2.94. The number of alkyl halides is 2. The van der Waals surface area contributed by atoms with Crippen LogP contribution in [0.25, 0.3) is 11.3 Å². The molecule has 1 aromatic carbocycles. The zero-order valence-corrected chi connectivity index (χ0v) is 11.1. The number of nitriles is 1. The summed E-state index contributed by atoms with van der Waals surface area (Å²) in [7, 11) is 0. The number of hydrogen-bond acceptors (Lipinski definition) is 2. The summed E-state index contributed by atoms with van der Waals surface area (Å²) in [4.78, 5) is 12.8. The van der Waals surface area contributed by atoms with Gasteiger partial charge in [-0.3, -0.25) is 4.79 Å². The Balaban J connectivity index is 2.16. The minimum atomic E-state index is -3.57. The van der Waals surface area contributed by atoms with E-state index in [0.717, 1.165) is 0 Å². The predicted octanol–water partition coefficient (Wildman–Crippen LogP) is 2.34. The SMILES string of the molecule is N#CC1=C2c3ccccc3C(=O)N2C(F)(F)[n+]2ccccc21. The van der Waals surface area contributed by atoms with Crippen LogP contribution in [0.4, 0.5) is 8.78 Å². The molecule has 0 aliphatic carbocycles. The van der Waals surface area contributed by atoms with Crippen LogP contribution in [0.15, 0.2) is 48.7 Å². The number of allylic oxidation sites excluding steroid dienone is 1. The number of carbonyl (C=O) groups excluding carboxylic acids is 1. The second-order valence-electron chi connectivity index (χ2n) is 4.99. The zero-order chi connectivity index (χ0) is 15.5. The summed E-state index contributed by atoms with van der Waals surface area (Å²) in [6.45, 7) is 0. The molecule has 0 N–H and O–H groups in total. The van der Waals surface area contributed by atoms with Gasteiger partial charge in [0, 0.05) is 23.3 Å². The van der Waals surface area contributed by atoms with E-state index in [4.69, 9.17) is 0 Å². The van der Waals surface area contributed by atoms with Crippen molar-refractivity contribution < 1.29 is 18.1 Å². The Morgan fingerprint density at radius 1 is 1.09 bits per heavy atom. The molecule has 4 rings (SSSR count). The van der Waals surface area contributed by atoms with Gasteiger partial charge in [0.05, 0.1) is 5.70 Å². The van der Waals surface area contributed by atoms with Crippen molar-refractivity contribution in [3.05, 3.63) is 65.5 Å². The molecule has 1 amide bonds. The maximum Gasteiger partial charge on any atom is 0.568 e. The fourth-order valence-corrected chi connectivity index (χ4v) is 2.94. The van der Waals surface area contributed by atoms with Crippen LogP contribution in [0.2, 0.25) is 0 Å². The number of halogens is 2. The lowest BCUT2D eigenvalue weighted by Gasteiger charge is -2.27. The minimum Gasteiger partial charge on any atom is -0.268 e. The van der Waals surface area contributed by atoms with Crippen molar-refractivity contribution in [1.29, 1.82) is 5.26 Å². The minimum absolute atomic E-state index is 0.0284. The first-order chi connectivity index (χ1) is 10.6. The maximum absolute atomic E-state index is 14.8. The Bertz CT molecular complexity index is 912. The third-order valence-electron chi connectivity index (χ3n) is 3.86. The Labute approximate surface area is 124 Å². The molecule has 2 aromatic rings. The zero-order valence-electron chi connectivity index (χ0n) is 11.1. The molecule has 0 atom stereocenters. The Morgan fingerprint density at radius 3 is 2.50 bits per heavy atom. The van der Waals surface area contributed by atoms with Crippen LogP contribution in [0, 0.1) is 11.3 Å². The monoisotopic (exact) mass is 296 g/mol. The second kappa shape index (κ2) is 3.98. The number of fused-ring (bicyclic) bond motifs is 4. The van der Waals surface area contributed by atoms with Gasteiger partial charge < -0.3 is 0 Å². The van der Waals surface area contributed by atoms with Crippen molar-refractivity contribution in [3.63, 3.8) is 0 Å². The van der Waals surface area contributed by atoms with Gasteiger partial charge in [-0.15, -0.1) is 13.3 Å². The molecule has 2 aliphatic rings. The van der Waals surface area contributed by atoms with Gasteiger partial charge in [0.2, 0.25) is 5.69 Å². The van der Waals surface area contributed by atoms with Crippen molar-refractivity contribution in [1.82, 2.24) is 4.90 Å². The molecular formula is C16H8F2N3O+. The first-order valence-electron chi connectivity index (χ1n) is 6.55. The van der Waals surface area contributed by atoms with Crippen LogP contribution >= 0.6 is 0 Å². The van der Waals surface area contributed by atoms with Crippen LogP contribution in [-0.2, 0) is 6.17 Å². The highest BCUT2D eigenvalue weighted by Gasteiger charge is 2.61. The van der Waals surface area contributed by atoms with Crippen LogP contribution in [0.3, 0.4) is 0 Å². The highest BCUT2D eigenvalue weighted by Crippen LogP contribution is 2.45. The fraction of sp³-hybridized carbons (Fsp3) is 0.0625. The van der Waals surface area contributed by atoms with Gasteiger partial charge in [-0.25, -0.2) is 0 Å². The summed E-state index contributed by atoms with van der Waals surface area (Å²) in [5, 5.41) is 9.46. The van der Waals surface area contributed by atoms with E-state index < -0.39 is 12.1 Å². The summed E-state index contributed by atoms with van der Waals surface area (Å²) in [6, 6.07) is 12.8. The lowest BCUT2D eigenvalue weighted by Crippen LogP contribution is -2.64. The smallest absolute Gasteiger partial charge is 0.268 e. The Hall–Kier alpha value is -3.07. The number of rotatable bonds is 0. The third kappa shape index (κ3) is 1.33. The first kappa shape index (κ1) is 12.7. The molecule has 6 heteroatoms. The summed E-state index contributed by atoms with van der Waals surface area (Å²) in [6.07, 6.45) is -2.40. The van der Waals surface area contributed by atoms with Crippen molar-refractivity contribution >= 4 is 17.2 Å². The van der Waals surface area contributed by atoms with Crippen molar-refractivity contribution in [2.75, 3.05) is 0 Å². The molecule has 0 bridgehead atoms. The van der Waals surface area contributed by atoms with Gasteiger partial charge in [0.25, 0.3) is 5.91 Å². The molecule has 0 unspecified atom stereocenters. The van der Waals surface area contributed by atoms with Crippen molar-refractivity contribution in [2.45, 2.75) is 6.17 Å². The maximum atomic E-state index is 14.8. The second-order valence-corrected chi connectivity index (χ2v) is 4.99. The summed E-state index contributed by atoms with van der Waals surface area (Å²) >= 11 is 0. The van der Waals surface area contributed by atoms with Crippen molar-refractivity contribution in [3.8, 4) is 6.07 Å². The van der Waals surface area contributed by atoms with Gasteiger partial charge in [-0.2, -0.15) is 10.2 Å². The van der Waals surface area contributed by atoms with Gasteiger partial charge in [-0.05, 0) is 12.1 Å². The largest absolute Gasteiger partial charge is 0.568 e. The van der Waals surface area contributed by atoms with E-state index in [2.05, 4.69) is 0 Å². The molecule has 22 heavy (non-hydrogen) atoms. The topological polar surface area (TPSA) is 48.0 Å². The summed E-state index contributed by atoms with van der Waals surface area (Å²) in [5.41, 5.74) is 0.659. The van der Waals surface area contributed by atoms with E-state index in [1.807, 2.05) is 6.07 Å². The molecule has 106 valence electrons. The average Bonchev–Trinajstić information content (AvgIpc) is 2.83. The Morgan fingerprint density at radius 2 is 1.77 bits per heavy atom. The first-order valence-corrected chi connectivity index (χ1v) is 6.55. The van der Waals surface area contributed by atoms with Gasteiger partial charge in [0.1, 0.15) is 11.6 Å². The Kier molecular flexibility index (Phi) is 2.29.